The molecule has 2 rings (SSSR count). The van der Waals surface area contributed by atoms with Gasteiger partial charge in [-0.25, -0.2) is 0 Å². The molecule has 0 aliphatic heterocycles. The molecule has 0 saturated carbocycles. The molecule has 92 valence electrons. The van der Waals surface area contributed by atoms with Gasteiger partial charge in [0.25, 0.3) is 0 Å². The van der Waals surface area contributed by atoms with E-state index in [2.05, 4.69) is 32.3 Å². The monoisotopic (exact) mass is 252 g/mol. The molecule has 2 aromatic rings. The molecule has 5 nitrogen and oxygen atoms in total. The van der Waals surface area contributed by atoms with E-state index >= 15 is 0 Å². The molecule has 0 amide bonds. The summed E-state index contributed by atoms with van der Waals surface area (Å²) in [5, 5.41) is 15.3. The van der Waals surface area contributed by atoms with Gasteiger partial charge < -0.3 is 14.6 Å². The predicted octanol–water partition coefficient (Wildman–Crippen LogP) is 2.05. The number of anilines is 1. The highest BCUT2D eigenvalue weighted by Crippen LogP contribution is 2.18. The fraction of sp³-hybridized carbons (Fsp3) is 0.455. The molecule has 0 bridgehead atoms. The van der Waals surface area contributed by atoms with Crippen LogP contribution in [0.4, 0.5) is 6.01 Å². The smallest absolute Gasteiger partial charge is 0.318 e. The fourth-order valence-electron chi connectivity index (χ4n) is 1.40. The van der Waals surface area contributed by atoms with E-state index in [9.17, 15) is 0 Å². The molecule has 1 atom stereocenters. The topological polar surface area (TPSA) is 54.2 Å². The number of aromatic nitrogens is 2. The minimum Gasteiger partial charge on any atom is -0.406 e. The van der Waals surface area contributed by atoms with Crippen molar-refractivity contribution in [3.8, 4) is 0 Å². The van der Waals surface area contributed by atoms with Crippen LogP contribution in [0.2, 0.25) is 0 Å². The molecular weight excluding hydrogens is 236 g/mol. The first-order valence-electron chi connectivity index (χ1n) is 5.43. The number of hydrogen-bond acceptors (Lipinski definition) is 6. The number of thiophene rings is 1. The number of hydrogen-bond donors (Lipinski definition) is 1. The third-order valence-corrected chi connectivity index (χ3v) is 3.29. The largest absolute Gasteiger partial charge is 0.406 e. The van der Waals surface area contributed by atoms with E-state index in [0.717, 1.165) is 6.54 Å². The molecule has 2 aromatic heterocycles. The Labute approximate surface area is 104 Å². The van der Waals surface area contributed by atoms with Crippen LogP contribution in [-0.4, -0.2) is 24.3 Å². The summed E-state index contributed by atoms with van der Waals surface area (Å²) in [6.45, 7) is 2.76. The second-order valence-corrected chi connectivity index (χ2v) is 4.70. The first-order chi connectivity index (χ1) is 8.20. The van der Waals surface area contributed by atoms with Gasteiger partial charge in [0, 0.05) is 13.6 Å². The van der Waals surface area contributed by atoms with Crippen LogP contribution < -0.4 is 10.2 Å². The van der Waals surface area contributed by atoms with Crippen LogP contribution in [0.15, 0.2) is 21.2 Å². The molecule has 17 heavy (non-hydrogen) atoms. The van der Waals surface area contributed by atoms with Gasteiger partial charge in [-0.05, 0) is 36.4 Å². The predicted molar refractivity (Wildman–Crippen MR) is 68.2 cm³/mol. The van der Waals surface area contributed by atoms with E-state index in [-0.39, 0.29) is 6.04 Å². The summed E-state index contributed by atoms with van der Waals surface area (Å²) in [4.78, 5) is 1.95. The first-order valence-corrected chi connectivity index (χ1v) is 6.38. The third-order valence-electron chi connectivity index (χ3n) is 2.56. The highest BCUT2D eigenvalue weighted by molar-refractivity contribution is 7.07. The molecule has 0 fully saturated rings. The van der Waals surface area contributed by atoms with E-state index in [1.54, 1.807) is 11.3 Å². The van der Waals surface area contributed by atoms with Gasteiger partial charge in [0.2, 0.25) is 5.89 Å². The van der Waals surface area contributed by atoms with Gasteiger partial charge in [-0.2, -0.15) is 11.3 Å². The molecule has 0 aliphatic rings. The van der Waals surface area contributed by atoms with Crippen molar-refractivity contribution in [1.29, 1.82) is 0 Å². The standard InChI is InChI=1S/C11H16N4OS/c1-8(12-2)10-13-14-11(16-10)15(3)6-9-4-5-17-7-9/h4-5,7-8,12H,6H2,1-3H3. The summed E-state index contributed by atoms with van der Waals surface area (Å²) in [6, 6.07) is 2.72. The van der Waals surface area contributed by atoms with Crippen molar-refractivity contribution in [1.82, 2.24) is 15.5 Å². The summed E-state index contributed by atoms with van der Waals surface area (Å²) in [5.41, 5.74) is 1.25. The third kappa shape index (κ3) is 2.83. The minimum atomic E-state index is 0.0748. The maximum Gasteiger partial charge on any atom is 0.318 e. The van der Waals surface area contributed by atoms with Gasteiger partial charge in [0.05, 0.1) is 6.04 Å². The summed E-state index contributed by atoms with van der Waals surface area (Å²) >= 11 is 1.69. The van der Waals surface area contributed by atoms with Gasteiger partial charge in [-0.3, -0.25) is 0 Å². The SMILES string of the molecule is CNC(C)c1nnc(N(C)Cc2ccsc2)o1. The van der Waals surface area contributed by atoms with Crippen molar-refractivity contribution < 1.29 is 4.42 Å². The van der Waals surface area contributed by atoms with Gasteiger partial charge in [0.1, 0.15) is 0 Å². The number of nitrogens with zero attached hydrogens (tertiary/aromatic N) is 3. The van der Waals surface area contributed by atoms with Crippen LogP contribution in [0.25, 0.3) is 0 Å². The lowest BCUT2D eigenvalue weighted by molar-refractivity contribution is 0.432. The van der Waals surface area contributed by atoms with E-state index in [4.69, 9.17) is 4.42 Å². The van der Waals surface area contributed by atoms with Crippen molar-refractivity contribution in [2.24, 2.45) is 0 Å². The van der Waals surface area contributed by atoms with Crippen LogP contribution in [0.5, 0.6) is 0 Å². The highest BCUT2D eigenvalue weighted by atomic mass is 32.1. The normalized spacial score (nSPS) is 12.6. The lowest BCUT2D eigenvalue weighted by atomic mass is 10.3. The fourth-order valence-corrected chi connectivity index (χ4v) is 2.06. The van der Waals surface area contributed by atoms with E-state index < -0.39 is 0 Å². The Morgan fingerprint density at radius 3 is 3.00 bits per heavy atom. The van der Waals surface area contributed by atoms with E-state index in [1.165, 1.54) is 5.56 Å². The van der Waals surface area contributed by atoms with E-state index in [0.29, 0.717) is 11.9 Å². The summed E-state index contributed by atoms with van der Waals surface area (Å²) in [5.74, 6) is 0.611. The van der Waals surface area contributed by atoms with Crippen molar-refractivity contribution in [2.45, 2.75) is 19.5 Å². The van der Waals surface area contributed by atoms with Crippen molar-refractivity contribution in [3.05, 3.63) is 28.3 Å². The molecule has 0 spiro atoms. The van der Waals surface area contributed by atoms with Gasteiger partial charge in [0.15, 0.2) is 0 Å². The average molecular weight is 252 g/mol. The quantitative estimate of drug-likeness (QED) is 0.882. The zero-order valence-electron chi connectivity index (χ0n) is 10.2. The van der Waals surface area contributed by atoms with E-state index in [1.807, 2.05) is 25.9 Å². The minimum absolute atomic E-state index is 0.0748. The van der Waals surface area contributed by atoms with Crippen molar-refractivity contribution in [2.75, 3.05) is 19.0 Å². The Kier molecular flexibility index (Phi) is 3.75. The Balaban J connectivity index is 2.04. The molecule has 0 saturated heterocycles. The Morgan fingerprint density at radius 2 is 2.35 bits per heavy atom. The molecule has 0 aliphatic carbocycles. The molecular formula is C11H16N4OS. The Morgan fingerprint density at radius 1 is 1.53 bits per heavy atom. The van der Waals surface area contributed by atoms with Crippen LogP contribution in [0.3, 0.4) is 0 Å². The number of rotatable bonds is 5. The zero-order valence-corrected chi connectivity index (χ0v) is 11.0. The maximum absolute atomic E-state index is 5.59. The molecule has 0 radical (unpaired) electrons. The number of nitrogens with one attached hydrogen (secondary N) is 1. The second kappa shape index (κ2) is 5.29. The average Bonchev–Trinajstić information content (AvgIpc) is 2.98. The van der Waals surface area contributed by atoms with Gasteiger partial charge in [-0.1, -0.05) is 5.10 Å². The molecule has 0 aromatic carbocycles. The summed E-state index contributed by atoms with van der Waals surface area (Å²) in [7, 11) is 3.81. The molecule has 2 heterocycles. The van der Waals surface area contributed by atoms with Gasteiger partial charge >= 0.3 is 6.01 Å². The maximum atomic E-state index is 5.59. The van der Waals surface area contributed by atoms with Crippen LogP contribution in [0.1, 0.15) is 24.4 Å². The zero-order chi connectivity index (χ0) is 12.3. The first kappa shape index (κ1) is 12.1. The molecule has 1 N–H and O–H groups in total. The van der Waals surface area contributed by atoms with Gasteiger partial charge in [-0.15, -0.1) is 5.10 Å². The molecule has 6 heteroatoms. The summed E-state index contributed by atoms with van der Waals surface area (Å²) < 4.78 is 5.59. The van der Waals surface area contributed by atoms with Crippen LogP contribution >= 0.6 is 11.3 Å². The molecule has 1 unspecified atom stereocenters. The highest BCUT2D eigenvalue weighted by Gasteiger charge is 2.14. The lowest BCUT2D eigenvalue weighted by Crippen LogP contribution is -2.16. The van der Waals surface area contributed by atoms with Crippen molar-refractivity contribution in [3.63, 3.8) is 0 Å². The van der Waals surface area contributed by atoms with Crippen LogP contribution in [-0.2, 0) is 6.54 Å². The second-order valence-electron chi connectivity index (χ2n) is 3.92. The lowest BCUT2D eigenvalue weighted by Gasteiger charge is -2.12. The van der Waals surface area contributed by atoms with Crippen molar-refractivity contribution >= 4 is 17.4 Å². The van der Waals surface area contributed by atoms with Crippen LogP contribution in [0, 0.1) is 0 Å². The summed E-state index contributed by atoms with van der Waals surface area (Å²) in [6.07, 6.45) is 0. The Bertz CT molecular complexity index is 454. The Hall–Kier alpha value is -1.40.